The van der Waals surface area contributed by atoms with Crippen molar-refractivity contribution in [2.75, 3.05) is 11.1 Å². The Hall–Kier alpha value is -2.29. The van der Waals surface area contributed by atoms with Gasteiger partial charge in [-0.1, -0.05) is 36.4 Å². The number of rotatable bonds is 4. The molecule has 0 aromatic heterocycles. The zero-order valence-corrected chi connectivity index (χ0v) is 11.0. The van der Waals surface area contributed by atoms with Crippen LogP contribution in [-0.4, -0.2) is 5.91 Å². The van der Waals surface area contributed by atoms with Crippen LogP contribution in [0.25, 0.3) is 0 Å². The fourth-order valence-corrected chi connectivity index (χ4v) is 1.90. The quantitative estimate of drug-likeness (QED) is 0.823. The Labute approximate surface area is 113 Å². The molecule has 2 aromatic rings. The lowest BCUT2D eigenvalue weighted by Crippen LogP contribution is -2.13. The molecular formula is C16H18N2O. The fourth-order valence-electron chi connectivity index (χ4n) is 1.90. The maximum Gasteiger partial charge on any atom is 0.224 e. The fraction of sp³-hybridized carbons (Fsp3) is 0.188. The molecule has 2 rings (SSSR count). The van der Waals surface area contributed by atoms with Gasteiger partial charge in [0.25, 0.3) is 0 Å². The number of nitrogens with one attached hydrogen (secondary N) is 1. The Morgan fingerprint density at radius 3 is 2.58 bits per heavy atom. The second-order valence-electron chi connectivity index (χ2n) is 4.55. The van der Waals surface area contributed by atoms with E-state index in [-0.39, 0.29) is 5.91 Å². The highest BCUT2D eigenvalue weighted by atomic mass is 16.1. The number of hydrogen-bond acceptors (Lipinski definition) is 2. The van der Waals surface area contributed by atoms with Gasteiger partial charge < -0.3 is 11.1 Å². The van der Waals surface area contributed by atoms with Gasteiger partial charge in [-0.25, -0.2) is 0 Å². The Bertz CT molecular complexity index is 564. The van der Waals surface area contributed by atoms with Crippen LogP contribution < -0.4 is 11.1 Å². The van der Waals surface area contributed by atoms with Crippen LogP contribution in [0.4, 0.5) is 11.4 Å². The molecule has 0 fully saturated rings. The van der Waals surface area contributed by atoms with Gasteiger partial charge in [-0.15, -0.1) is 0 Å². The Balaban J connectivity index is 1.93. The van der Waals surface area contributed by atoms with Crippen molar-refractivity contribution in [1.29, 1.82) is 0 Å². The Kier molecular flexibility index (Phi) is 4.18. The van der Waals surface area contributed by atoms with Gasteiger partial charge in [0.2, 0.25) is 5.91 Å². The number of carbonyl (C=O) groups is 1. The number of anilines is 2. The summed E-state index contributed by atoms with van der Waals surface area (Å²) in [5, 5.41) is 2.90. The smallest absolute Gasteiger partial charge is 0.224 e. The SMILES string of the molecule is Cc1c(N)cccc1NC(=O)CCc1ccccc1. The second kappa shape index (κ2) is 6.05. The molecule has 0 bridgehead atoms. The van der Waals surface area contributed by atoms with Crippen LogP contribution in [-0.2, 0) is 11.2 Å². The van der Waals surface area contributed by atoms with Crippen molar-refractivity contribution >= 4 is 17.3 Å². The van der Waals surface area contributed by atoms with E-state index >= 15 is 0 Å². The summed E-state index contributed by atoms with van der Waals surface area (Å²) in [5.41, 5.74) is 9.38. The summed E-state index contributed by atoms with van der Waals surface area (Å²) in [6.45, 7) is 1.90. The molecule has 3 nitrogen and oxygen atoms in total. The first-order chi connectivity index (χ1) is 9.16. The number of amides is 1. The Morgan fingerprint density at radius 1 is 1.11 bits per heavy atom. The molecule has 0 aliphatic heterocycles. The zero-order chi connectivity index (χ0) is 13.7. The first-order valence-corrected chi connectivity index (χ1v) is 6.35. The molecule has 0 aliphatic rings. The monoisotopic (exact) mass is 254 g/mol. The van der Waals surface area contributed by atoms with Crippen LogP contribution in [0.3, 0.4) is 0 Å². The average molecular weight is 254 g/mol. The molecule has 0 aliphatic carbocycles. The van der Waals surface area contributed by atoms with E-state index in [2.05, 4.69) is 5.32 Å². The lowest BCUT2D eigenvalue weighted by atomic mass is 10.1. The van der Waals surface area contributed by atoms with Gasteiger partial charge in [0.15, 0.2) is 0 Å². The van der Waals surface area contributed by atoms with E-state index in [1.165, 1.54) is 5.56 Å². The van der Waals surface area contributed by atoms with Gasteiger partial charge in [0.1, 0.15) is 0 Å². The second-order valence-corrected chi connectivity index (χ2v) is 4.55. The van der Waals surface area contributed by atoms with Gasteiger partial charge in [-0.05, 0) is 36.6 Å². The highest BCUT2D eigenvalue weighted by Gasteiger charge is 2.06. The first kappa shape index (κ1) is 13.1. The summed E-state index contributed by atoms with van der Waals surface area (Å²) in [4.78, 5) is 11.9. The zero-order valence-electron chi connectivity index (χ0n) is 11.0. The third-order valence-electron chi connectivity index (χ3n) is 3.13. The van der Waals surface area contributed by atoms with Gasteiger partial charge in [-0.3, -0.25) is 4.79 Å². The lowest BCUT2D eigenvalue weighted by molar-refractivity contribution is -0.116. The lowest BCUT2D eigenvalue weighted by Gasteiger charge is -2.10. The van der Waals surface area contributed by atoms with Crippen molar-refractivity contribution in [3.05, 3.63) is 59.7 Å². The number of aryl methyl sites for hydroxylation is 1. The summed E-state index contributed by atoms with van der Waals surface area (Å²) in [5.74, 6) is 0.0116. The molecule has 0 heterocycles. The summed E-state index contributed by atoms with van der Waals surface area (Å²) >= 11 is 0. The summed E-state index contributed by atoms with van der Waals surface area (Å²) < 4.78 is 0. The number of nitrogens with two attached hydrogens (primary N) is 1. The minimum absolute atomic E-state index is 0.0116. The number of hydrogen-bond donors (Lipinski definition) is 2. The van der Waals surface area contributed by atoms with Crippen molar-refractivity contribution in [2.45, 2.75) is 19.8 Å². The van der Waals surface area contributed by atoms with Gasteiger partial charge >= 0.3 is 0 Å². The molecule has 3 N–H and O–H groups in total. The molecule has 0 saturated heterocycles. The molecule has 0 saturated carbocycles. The minimum atomic E-state index is 0.0116. The van der Waals surface area contributed by atoms with E-state index in [0.717, 1.165) is 17.7 Å². The maximum absolute atomic E-state index is 11.9. The number of nitrogen functional groups attached to an aromatic ring is 1. The highest BCUT2D eigenvalue weighted by Crippen LogP contribution is 2.20. The van der Waals surface area contributed by atoms with Crippen molar-refractivity contribution in [3.63, 3.8) is 0 Å². The molecular weight excluding hydrogens is 236 g/mol. The van der Waals surface area contributed by atoms with Crippen LogP contribution in [0, 0.1) is 6.92 Å². The van der Waals surface area contributed by atoms with Crippen molar-refractivity contribution < 1.29 is 4.79 Å². The van der Waals surface area contributed by atoms with Crippen LogP contribution in [0.2, 0.25) is 0 Å². The van der Waals surface area contributed by atoms with E-state index in [9.17, 15) is 4.79 Å². The number of carbonyl (C=O) groups excluding carboxylic acids is 1. The van der Waals surface area contributed by atoms with E-state index in [1.54, 1.807) is 0 Å². The molecule has 0 spiro atoms. The molecule has 0 atom stereocenters. The maximum atomic E-state index is 11.9. The summed E-state index contributed by atoms with van der Waals surface area (Å²) in [6.07, 6.45) is 1.21. The number of benzene rings is 2. The average Bonchev–Trinajstić information content (AvgIpc) is 2.43. The van der Waals surface area contributed by atoms with Crippen molar-refractivity contribution in [2.24, 2.45) is 0 Å². The molecule has 98 valence electrons. The topological polar surface area (TPSA) is 55.1 Å². The normalized spacial score (nSPS) is 10.2. The van der Waals surface area contributed by atoms with E-state index in [1.807, 2.05) is 55.5 Å². The third-order valence-corrected chi connectivity index (χ3v) is 3.13. The van der Waals surface area contributed by atoms with Crippen LogP contribution in [0.5, 0.6) is 0 Å². The Morgan fingerprint density at radius 2 is 1.84 bits per heavy atom. The van der Waals surface area contributed by atoms with E-state index in [0.29, 0.717) is 12.1 Å². The van der Waals surface area contributed by atoms with Crippen LogP contribution in [0.1, 0.15) is 17.5 Å². The standard InChI is InChI=1S/C16H18N2O/c1-12-14(17)8-5-9-15(12)18-16(19)11-10-13-6-3-2-4-7-13/h2-9H,10-11,17H2,1H3,(H,18,19). The van der Waals surface area contributed by atoms with Crippen LogP contribution >= 0.6 is 0 Å². The van der Waals surface area contributed by atoms with E-state index in [4.69, 9.17) is 5.73 Å². The van der Waals surface area contributed by atoms with Crippen molar-refractivity contribution in [3.8, 4) is 0 Å². The molecule has 0 radical (unpaired) electrons. The van der Waals surface area contributed by atoms with Crippen LogP contribution in [0.15, 0.2) is 48.5 Å². The largest absolute Gasteiger partial charge is 0.398 e. The van der Waals surface area contributed by atoms with E-state index < -0.39 is 0 Å². The predicted molar refractivity (Wildman–Crippen MR) is 79.0 cm³/mol. The van der Waals surface area contributed by atoms with Gasteiger partial charge in [0, 0.05) is 17.8 Å². The van der Waals surface area contributed by atoms with Gasteiger partial charge in [0.05, 0.1) is 0 Å². The predicted octanol–water partition coefficient (Wildman–Crippen LogP) is 3.15. The molecule has 19 heavy (non-hydrogen) atoms. The minimum Gasteiger partial charge on any atom is -0.398 e. The van der Waals surface area contributed by atoms with Gasteiger partial charge in [-0.2, -0.15) is 0 Å². The summed E-state index contributed by atoms with van der Waals surface area (Å²) in [7, 11) is 0. The van der Waals surface area contributed by atoms with Crippen molar-refractivity contribution in [1.82, 2.24) is 0 Å². The first-order valence-electron chi connectivity index (χ1n) is 6.35. The molecule has 0 unspecified atom stereocenters. The molecule has 2 aromatic carbocycles. The summed E-state index contributed by atoms with van der Waals surface area (Å²) in [6, 6.07) is 15.5. The molecule has 3 heteroatoms. The third kappa shape index (κ3) is 3.58. The highest BCUT2D eigenvalue weighted by molar-refractivity contribution is 5.92. The molecule has 1 amide bonds.